The first-order valence-corrected chi connectivity index (χ1v) is 12.6. The highest BCUT2D eigenvalue weighted by atomic mass is 32.2. The molecule has 3 aromatic carbocycles. The molecule has 9 heteroatoms. The second kappa shape index (κ2) is 10.3. The molecule has 0 radical (unpaired) electrons. The maximum Gasteiger partial charge on any atom is 0.264 e. The number of hydrogen-bond donors (Lipinski definition) is 1. The van der Waals surface area contributed by atoms with E-state index in [0.717, 1.165) is 15.4 Å². The summed E-state index contributed by atoms with van der Waals surface area (Å²) in [4.78, 5) is 13.2. The SMILES string of the molecule is COc1ccc(N(CC(=O)N[C@@H](C)c2ccc3c(c2)OCCO3)S(=O)(=O)c2ccc(C)cc2)cc1. The number of carbonyl (C=O) groups is 1. The lowest BCUT2D eigenvalue weighted by Gasteiger charge is -2.26. The van der Waals surface area contributed by atoms with Gasteiger partial charge in [-0.05, 0) is 67.9 Å². The van der Waals surface area contributed by atoms with E-state index in [1.54, 1.807) is 42.5 Å². The number of nitrogens with one attached hydrogen (secondary N) is 1. The van der Waals surface area contributed by atoms with E-state index in [-0.39, 0.29) is 10.9 Å². The Morgan fingerprint density at radius 1 is 1.00 bits per heavy atom. The Labute approximate surface area is 205 Å². The highest BCUT2D eigenvalue weighted by molar-refractivity contribution is 7.92. The maximum absolute atomic E-state index is 13.5. The van der Waals surface area contributed by atoms with Gasteiger partial charge in [-0.25, -0.2) is 8.42 Å². The molecule has 1 atom stereocenters. The van der Waals surface area contributed by atoms with Crippen molar-refractivity contribution in [2.24, 2.45) is 0 Å². The van der Waals surface area contributed by atoms with Crippen LogP contribution >= 0.6 is 0 Å². The van der Waals surface area contributed by atoms with E-state index in [4.69, 9.17) is 14.2 Å². The van der Waals surface area contributed by atoms with Gasteiger partial charge in [-0.2, -0.15) is 0 Å². The number of fused-ring (bicyclic) bond motifs is 1. The summed E-state index contributed by atoms with van der Waals surface area (Å²) in [5.74, 6) is 1.42. The topological polar surface area (TPSA) is 94.2 Å². The molecular formula is C26H28N2O6S. The van der Waals surface area contributed by atoms with Crippen molar-refractivity contribution in [1.82, 2.24) is 5.32 Å². The number of sulfonamides is 1. The number of anilines is 1. The van der Waals surface area contributed by atoms with E-state index in [9.17, 15) is 13.2 Å². The number of nitrogens with zero attached hydrogens (tertiary/aromatic N) is 1. The summed E-state index contributed by atoms with van der Waals surface area (Å²) in [6, 6.07) is 18.2. The number of hydrogen-bond acceptors (Lipinski definition) is 6. The van der Waals surface area contributed by atoms with Crippen LogP contribution in [0.4, 0.5) is 5.69 Å². The maximum atomic E-state index is 13.5. The van der Waals surface area contributed by atoms with E-state index in [0.29, 0.717) is 36.1 Å². The molecule has 1 aliphatic heterocycles. The first kappa shape index (κ1) is 24.4. The van der Waals surface area contributed by atoms with Gasteiger partial charge in [0, 0.05) is 0 Å². The second-order valence-electron chi connectivity index (χ2n) is 8.22. The summed E-state index contributed by atoms with van der Waals surface area (Å²) in [7, 11) is -2.47. The molecule has 0 aromatic heterocycles. The average molecular weight is 497 g/mol. The lowest BCUT2D eigenvalue weighted by Crippen LogP contribution is -2.41. The molecule has 8 nitrogen and oxygen atoms in total. The van der Waals surface area contributed by atoms with Crippen LogP contribution in [-0.4, -0.2) is 41.2 Å². The van der Waals surface area contributed by atoms with Gasteiger partial charge in [-0.3, -0.25) is 9.10 Å². The number of aryl methyl sites for hydroxylation is 1. The molecule has 0 bridgehead atoms. The minimum Gasteiger partial charge on any atom is -0.497 e. The van der Waals surface area contributed by atoms with Crippen LogP contribution in [0.15, 0.2) is 71.6 Å². The Morgan fingerprint density at radius 2 is 1.66 bits per heavy atom. The minimum atomic E-state index is -4.00. The van der Waals surface area contributed by atoms with Crippen LogP contribution in [-0.2, 0) is 14.8 Å². The average Bonchev–Trinajstić information content (AvgIpc) is 2.87. The van der Waals surface area contributed by atoms with Gasteiger partial charge in [0.25, 0.3) is 10.0 Å². The number of benzene rings is 3. The number of amides is 1. The number of methoxy groups -OCH3 is 1. The van der Waals surface area contributed by atoms with E-state index >= 15 is 0 Å². The first-order chi connectivity index (χ1) is 16.8. The minimum absolute atomic E-state index is 0.103. The summed E-state index contributed by atoms with van der Waals surface area (Å²) in [5.41, 5.74) is 2.11. The van der Waals surface area contributed by atoms with Gasteiger partial charge in [-0.15, -0.1) is 0 Å². The fourth-order valence-corrected chi connectivity index (χ4v) is 5.15. The lowest BCUT2D eigenvalue weighted by molar-refractivity contribution is -0.120. The van der Waals surface area contributed by atoms with E-state index < -0.39 is 22.5 Å². The molecule has 1 amide bonds. The molecule has 0 saturated carbocycles. The molecule has 0 fully saturated rings. The van der Waals surface area contributed by atoms with Crippen molar-refractivity contribution in [3.63, 3.8) is 0 Å². The van der Waals surface area contributed by atoms with Crippen molar-refractivity contribution in [2.75, 3.05) is 31.2 Å². The van der Waals surface area contributed by atoms with Gasteiger partial charge in [0.15, 0.2) is 11.5 Å². The van der Waals surface area contributed by atoms with Gasteiger partial charge in [0.2, 0.25) is 5.91 Å². The Balaban J connectivity index is 1.57. The van der Waals surface area contributed by atoms with E-state index in [1.807, 2.05) is 26.0 Å². The molecule has 1 heterocycles. The van der Waals surface area contributed by atoms with Crippen molar-refractivity contribution < 1.29 is 27.4 Å². The number of ether oxygens (including phenoxy) is 3. The summed E-state index contributed by atoms with van der Waals surface area (Å²) < 4.78 is 44.5. The van der Waals surface area contributed by atoms with Crippen LogP contribution in [0.5, 0.6) is 17.2 Å². The fourth-order valence-electron chi connectivity index (χ4n) is 3.73. The molecule has 0 aliphatic carbocycles. The highest BCUT2D eigenvalue weighted by Gasteiger charge is 2.28. The predicted molar refractivity (Wildman–Crippen MR) is 133 cm³/mol. The van der Waals surface area contributed by atoms with Crippen LogP contribution < -0.4 is 23.8 Å². The molecular weight excluding hydrogens is 468 g/mol. The van der Waals surface area contributed by atoms with Gasteiger partial charge < -0.3 is 19.5 Å². The summed E-state index contributed by atoms with van der Waals surface area (Å²) in [6.45, 7) is 4.28. The standard InChI is InChI=1S/C26H28N2O6S/c1-18-4-11-23(12-5-18)35(30,31)28(21-7-9-22(32-3)10-8-21)17-26(29)27-19(2)20-6-13-24-25(16-20)34-15-14-33-24/h4-13,16,19H,14-15,17H2,1-3H3,(H,27,29)/t19-/m0/s1. The molecule has 1 aliphatic rings. The number of carbonyl (C=O) groups excluding carboxylic acids is 1. The van der Waals surface area contributed by atoms with Crippen molar-refractivity contribution in [3.8, 4) is 17.2 Å². The summed E-state index contributed by atoms with van der Waals surface area (Å²) in [5, 5.41) is 2.89. The van der Waals surface area contributed by atoms with Gasteiger partial charge in [0.1, 0.15) is 25.5 Å². The Bertz CT molecular complexity index is 1290. The molecule has 1 N–H and O–H groups in total. The monoisotopic (exact) mass is 496 g/mol. The molecule has 3 aromatic rings. The molecule has 0 unspecified atom stereocenters. The number of rotatable bonds is 8. The molecule has 35 heavy (non-hydrogen) atoms. The van der Waals surface area contributed by atoms with Crippen LogP contribution in [0.2, 0.25) is 0 Å². The smallest absolute Gasteiger partial charge is 0.264 e. The molecule has 0 spiro atoms. The zero-order chi connectivity index (χ0) is 25.0. The highest BCUT2D eigenvalue weighted by Crippen LogP contribution is 2.32. The third-order valence-corrected chi connectivity index (χ3v) is 7.49. The van der Waals surface area contributed by atoms with Gasteiger partial charge >= 0.3 is 0 Å². The van der Waals surface area contributed by atoms with Crippen molar-refractivity contribution in [1.29, 1.82) is 0 Å². The van der Waals surface area contributed by atoms with Crippen LogP contribution in [0.3, 0.4) is 0 Å². The van der Waals surface area contributed by atoms with E-state index in [2.05, 4.69) is 5.32 Å². The fraction of sp³-hybridized carbons (Fsp3) is 0.269. The Hall–Kier alpha value is -3.72. The van der Waals surface area contributed by atoms with Crippen LogP contribution in [0.25, 0.3) is 0 Å². The van der Waals surface area contributed by atoms with Crippen LogP contribution in [0, 0.1) is 6.92 Å². The normalized spacial score (nSPS) is 13.6. The summed E-state index contributed by atoms with van der Waals surface area (Å²) >= 11 is 0. The quantitative estimate of drug-likeness (QED) is 0.509. The largest absolute Gasteiger partial charge is 0.497 e. The van der Waals surface area contributed by atoms with E-state index in [1.165, 1.54) is 19.2 Å². The lowest BCUT2D eigenvalue weighted by atomic mass is 10.1. The molecule has 0 saturated heterocycles. The van der Waals surface area contributed by atoms with Crippen molar-refractivity contribution in [2.45, 2.75) is 24.8 Å². The Kier molecular flexibility index (Phi) is 7.16. The first-order valence-electron chi connectivity index (χ1n) is 11.2. The summed E-state index contributed by atoms with van der Waals surface area (Å²) in [6.07, 6.45) is 0. The molecule has 4 rings (SSSR count). The van der Waals surface area contributed by atoms with Crippen molar-refractivity contribution >= 4 is 21.6 Å². The third-order valence-electron chi connectivity index (χ3n) is 5.70. The van der Waals surface area contributed by atoms with Gasteiger partial charge in [-0.1, -0.05) is 23.8 Å². The molecule has 184 valence electrons. The Morgan fingerprint density at radius 3 is 2.31 bits per heavy atom. The zero-order valence-electron chi connectivity index (χ0n) is 19.9. The zero-order valence-corrected chi connectivity index (χ0v) is 20.7. The van der Waals surface area contributed by atoms with Gasteiger partial charge in [0.05, 0.1) is 23.7 Å². The predicted octanol–water partition coefficient (Wildman–Crippen LogP) is 3.85. The van der Waals surface area contributed by atoms with Crippen molar-refractivity contribution in [3.05, 3.63) is 77.9 Å². The second-order valence-corrected chi connectivity index (χ2v) is 10.1. The van der Waals surface area contributed by atoms with Crippen LogP contribution in [0.1, 0.15) is 24.1 Å². The third kappa shape index (κ3) is 5.51.